The lowest BCUT2D eigenvalue weighted by molar-refractivity contribution is 0.112. The Morgan fingerprint density at radius 2 is 2.20 bits per heavy atom. The van der Waals surface area contributed by atoms with E-state index in [0.29, 0.717) is 23.2 Å². The van der Waals surface area contributed by atoms with Crippen LogP contribution in [0.2, 0.25) is 0 Å². The van der Waals surface area contributed by atoms with Crippen molar-refractivity contribution in [2.45, 2.75) is 20.5 Å². The number of aliphatic hydroxyl groups excluding tert-OH is 1. The van der Waals surface area contributed by atoms with E-state index in [1.807, 2.05) is 13.8 Å². The zero-order valence-electron chi connectivity index (χ0n) is 8.86. The standard InChI is InChI=1S/C12H14O3/c1-9(2)8-15-12-4-3-10(6-13)5-11(12)7-14/h3-5,7-8,13H,6H2,1-2H3. The molecular formula is C12H14O3. The van der Waals surface area contributed by atoms with Crippen LogP contribution in [-0.2, 0) is 6.61 Å². The quantitative estimate of drug-likeness (QED) is 0.607. The Morgan fingerprint density at radius 3 is 2.73 bits per heavy atom. The summed E-state index contributed by atoms with van der Waals surface area (Å²) in [7, 11) is 0. The minimum atomic E-state index is -0.0796. The second-order valence-electron chi connectivity index (χ2n) is 3.46. The van der Waals surface area contributed by atoms with E-state index in [1.165, 1.54) is 0 Å². The molecule has 0 spiro atoms. The van der Waals surface area contributed by atoms with Gasteiger partial charge in [-0.3, -0.25) is 4.79 Å². The predicted molar refractivity (Wildman–Crippen MR) is 57.8 cm³/mol. The van der Waals surface area contributed by atoms with Gasteiger partial charge in [0.2, 0.25) is 0 Å². The molecule has 0 saturated carbocycles. The highest BCUT2D eigenvalue weighted by molar-refractivity contribution is 5.79. The van der Waals surface area contributed by atoms with Crippen molar-refractivity contribution in [2.75, 3.05) is 0 Å². The lowest BCUT2D eigenvalue weighted by Gasteiger charge is -2.05. The maximum absolute atomic E-state index is 10.8. The van der Waals surface area contributed by atoms with Gasteiger partial charge in [-0.15, -0.1) is 0 Å². The fourth-order valence-electron chi connectivity index (χ4n) is 1.08. The molecule has 1 rings (SSSR count). The van der Waals surface area contributed by atoms with Crippen LogP contribution in [0, 0.1) is 0 Å². The van der Waals surface area contributed by atoms with Crippen molar-refractivity contribution in [1.29, 1.82) is 0 Å². The lowest BCUT2D eigenvalue weighted by atomic mass is 10.1. The number of carbonyl (C=O) groups is 1. The summed E-state index contributed by atoms with van der Waals surface area (Å²) < 4.78 is 5.31. The number of ether oxygens (including phenoxy) is 1. The summed E-state index contributed by atoms with van der Waals surface area (Å²) in [5.74, 6) is 0.503. The largest absolute Gasteiger partial charge is 0.464 e. The molecule has 0 aliphatic heterocycles. The number of carbonyl (C=O) groups excluding carboxylic acids is 1. The van der Waals surface area contributed by atoms with Crippen molar-refractivity contribution in [3.05, 3.63) is 41.2 Å². The Balaban J connectivity index is 2.97. The van der Waals surface area contributed by atoms with E-state index in [9.17, 15) is 4.79 Å². The molecule has 1 N–H and O–H groups in total. The Bertz CT molecular complexity index is 376. The Kier molecular flexibility index (Phi) is 4.06. The van der Waals surface area contributed by atoms with E-state index in [0.717, 1.165) is 5.57 Å². The molecule has 0 bridgehead atoms. The van der Waals surface area contributed by atoms with Gasteiger partial charge in [0, 0.05) is 0 Å². The summed E-state index contributed by atoms with van der Waals surface area (Å²) in [6.45, 7) is 3.73. The van der Waals surface area contributed by atoms with Gasteiger partial charge in [0.25, 0.3) is 0 Å². The van der Waals surface area contributed by atoms with Crippen LogP contribution in [0.3, 0.4) is 0 Å². The summed E-state index contributed by atoms with van der Waals surface area (Å²) in [5.41, 5.74) is 2.15. The summed E-state index contributed by atoms with van der Waals surface area (Å²) in [6.07, 6.45) is 2.30. The minimum absolute atomic E-state index is 0.0796. The molecule has 3 heteroatoms. The van der Waals surface area contributed by atoms with Gasteiger partial charge < -0.3 is 9.84 Å². The first-order chi connectivity index (χ1) is 7.17. The summed E-state index contributed by atoms with van der Waals surface area (Å²) in [5, 5.41) is 8.90. The van der Waals surface area contributed by atoms with Crippen LogP contribution in [0.25, 0.3) is 0 Å². The highest BCUT2D eigenvalue weighted by Gasteiger charge is 2.03. The number of aliphatic hydroxyl groups is 1. The average Bonchev–Trinajstić information content (AvgIpc) is 2.25. The smallest absolute Gasteiger partial charge is 0.153 e. The molecule has 0 amide bonds. The number of allylic oxidation sites excluding steroid dienone is 1. The molecule has 0 unspecified atom stereocenters. The van der Waals surface area contributed by atoms with Gasteiger partial charge >= 0.3 is 0 Å². The first kappa shape index (κ1) is 11.5. The maximum atomic E-state index is 10.8. The van der Waals surface area contributed by atoms with Gasteiger partial charge in [0.15, 0.2) is 6.29 Å². The van der Waals surface area contributed by atoms with Crippen LogP contribution < -0.4 is 4.74 Å². The van der Waals surface area contributed by atoms with E-state index >= 15 is 0 Å². The van der Waals surface area contributed by atoms with Crippen molar-refractivity contribution < 1.29 is 14.6 Å². The van der Waals surface area contributed by atoms with Crippen LogP contribution in [-0.4, -0.2) is 11.4 Å². The molecular weight excluding hydrogens is 192 g/mol. The molecule has 0 aliphatic carbocycles. The van der Waals surface area contributed by atoms with Crippen LogP contribution in [0.5, 0.6) is 5.75 Å². The van der Waals surface area contributed by atoms with Crippen LogP contribution in [0.1, 0.15) is 29.8 Å². The van der Waals surface area contributed by atoms with E-state index in [2.05, 4.69) is 0 Å². The molecule has 15 heavy (non-hydrogen) atoms. The third-order valence-electron chi connectivity index (χ3n) is 1.81. The topological polar surface area (TPSA) is 46.5 Å². The maximum Gasteiger partial charge on any atom is 0.153 e. The molecule has 0 aromatic heterocycles. The van der Waals surface area contributed by atoms with Crippen molar-refractivity contribution >= 4 is 6.29 Å². The zero-order valence-corrected chi connectivity index (χ0v) is 8.86. The summed E-state index contributed by atoms with van der Waals surface area (Å²) >= 11 is 0. The molecule has 1 aromatic carbocycles. The Hall–Kier alpha value is -1.61. The van der Waals surface area contributed by atoms with Crippen LogP contribution >= 0.6 is 0 Å². The molecule has 0 heterocycles. The number of rotatable bonds is 4. The van der Waals surface area contributed by atoms with Gasteiger partial charge in [-0.05, 0) is 37.1 Å². The molecule has 3 nitrogen and oxygen atoms in total. The van der Waals surface area contributed by atoms with E-state index in [1.54, 1.807) is 24.5 Å². The van der Waals surface area contributed by atoms with Gasteiger partial charge in [-0.1, -0.05) is 6.07 Å². The molecule has 0 radical (unpaired) electrons. The fourth-order valence-corrected chi connectivity index (χ4v) is 1.08. The second kappa shape index (κ2) is 5.32. The van der Waals surface area contributed by atoms with Crippen molar-refractivity contribution in [1.82, 2.24) is 0 Å². The van der Waals surface area contributed by atoms with Gasteiger partial charge in [0.05, 0.1) is 18.4 Å². The van der Waals surface area contributed by atoms with E-state index in [-0.39, 0.29) is 6.61 Å². The van der Waals surface area contributed by atoms with Gasteiger partial charge in [-0.25, -0.2) is 0 Å². The third-order valence-corrected chi connectivity index (χ3v) is 1.81. The fraction of sp³-hybridized carbons (Fsp3) is 0.250. The predicted octanol–water partition coefficient (Wildman–Crippen LogP) is 2.29. The molecule has 0 fully saturated rings. The van der Waals surface area contributed by atoms with Gasteiger partial charge in [-0.2, -0.15) is 0 Å². The Morgan fingerprint density at radius 1 is 1.47 bits per heavy atom. The molecule has 0 atom stereocenters. The summed E-state index contributed by atoms with van der Waals surface area (Å²) in [4.78, 5) is 10.8. The Labute approximate surface area is 89.0 Å². The average molecular weight is 206 g/mol. The zero-order chi connectivity index (χ0) is 11.3. The van der Waals surface area contributed by atoms with Crippen molar-refractivity contribution in [3.8, 4) is 5.75 Å². The normalized spacial score (nSPS) is 9.53. The number of benzene rings is 1. The molecule has 80 valence electrons. The number of aldehydes is 1. The van der Waals surface area contributed by atoms with Crippen molar-refractivity contribution in [3.63, 3.8) is 0 Å². The molecule has 0 aliphatic rings. The van der Waals surface area contributed by atoms with E-state index < -0.39 is 0 Å². The van der Waals surface area contributed by atoms with Crippen LogP contribution in [0.15, 0.2) is 30.0 Å². The number of hydrogen-bond acceptors (Lipinski definition) is 3. The number of hydrogen-bond donors (Lipinski definition) is 1. The highest BCUT2D eigenvalue weighted by atomic mass is 16.5. The monoisotopic (exact) mass is 206 g/mol. The van der Waals surface area contributed by atoms with Crippen LogP contribution in [0.4, 0.5) is 0 Å². The third kappa shape index (κ3) is 3.22. The lowest BCUT2D eigenvalue weighted by Crippen LogP contribution is -1.93. The van der Waals surface area contributed by atoms with Crippen molar-refractivity contribution in [2.24, 2.45) is 0 Å². The summed E-state index contributed by atoms with van der Waals surface area (Å²) in [6, 6.07) is 5.01. The SMILES string of the molecule is CC(C)=COc1ccc(CO)cc1C=O. The molecule has 1 aromatic rings. The molecule has 0 saturated heterocycles. The first-order valence-corrected chi connectivity index (χ1v) is 4.66. The van der Waals surface area contributed by atoms with Gasteiger partial charge in [0.1, 0.15) is 5.75 Å². The minimum Gasteiger partial charge on any atom is -0.464 e. The highest BCUT2D eigenvalue weighted by Crippen LogP contribution is 2.19. The second-order valence-corrected chi connectivity index (χ2v) is 3.46. The first-order valence-electron chi connectivity index (χ1n) is 4.66. The van der Waals surface area contributed by atoms with E-state index in [4.69, 9.17) is 9.84 Å².